The largest absolute Gasteiger partial charge is 0.393 e. The van der Waals surface area contributed by atoms with Crippen LogP contribution in [0.25, 0.3) is 0 Å². The maximum Gasteiger partial charge on any atom is 0.222 e. The number of likely N-dealkylation sites (tertiary alicyclic amines) is 1. The van der Waals surface area contributed by atoms with Gasteiger partial charge in [-0.25, -0.2) is 0 Å². The van der Waals surface area contributed by atoms with E-state index in [9.17, 15) is 14.7 Å². The Morgan fingerprint density at radius 1 is 1.00 bits per heavy atom. The van der Waals surface area contributed by atoms with E-state index >= 15 is 0 Å². The molecule has 2 amide bonds. The van der Waals surface area contributed by atoms with E-state index < -0.39 is 0 Å². The van der Waals surface area contributed by atoms with E-state index in [1.807, 2.05) is 20.8 Å². The molecule has 2 rings (SSSR count). The highest BCUT2D eigenvalue weighted by molar-refractivity contribution is 5.78. The molecule has 1 heterocycles. The molecule has 2 aliphatic rings. The van der Waals surface area contributed by atoms with Gasteiger partial charge in [0, 0.05) is 24.9 Å². The summed E-state index contributed by atoms with van der Waals surface area (Å²) in [5.41, 5.74) is 0. The number of carbonyl (C=O) groups excluding carboxylic acids is 2. The zero-order valence-corrected chi connectivity index (χ0v) is 16.7. The van der Waals surface area contributed by atoms with Crippen LogP contribution in [0.2, 0.25) is 0 Å². The number of piperidine rings is 1. The Morgan fingerprint density at radius 2 is 1.58 bits per heavy atom. The van der Waals surface area contributed by atoms with Crippen molar-refractivity contribution in [3.63, 3.8) is 0 Å². The SMILES string of the molecule is CC(C)C(=O)NCC1CCN(CCC(C)C(=O)NCC2CC(O)C2)CC1. The molecule has 26 heavy (non-hydrogen) atoms. The van der Waals surface area contributed by atoms with Gasteiger partial charge in [-0.05, 0) is 63.6 Å². The van der Waals surface area contributed by atoms with E-state index in [0.717, 1.165) is 58.3 Å². The van der Waals surface area contributed by atoms with Gasteiger partial charge >= 0.3 is 0 Å². The molecule has 0 radical (unpaired) electrons. The van der Waals surface area contributed by atoms with Crippen LogP contribution < -0.4 is 10.6 Å². The normalized spacial score (nSPS) is 25.6. The van der Waals surface area contributed by atoms with E-state index in [2.05, 4.69) is 15.5 Å². The van der Waals surface area contributed by atoms with Crippen molar-refractivity contribution in [1.82, 2.24) is 15.5 Å². The molecule has 0 aromatic rings. The van der Waals surface area contributed by atoms with Gasteiger partial charge in [0.05, 0.1) is 6.10 Å². The van der Waals surface area contributed by atoms with Gasteiger partial charge in [-0.3, -0.25) is 9.59 Å². The first-order chi connectivity index (χ1) is 12.3. The second kappa shape index (κ2) is 10.3. The fraction of sp³-hybridized carbons (Fsp3) is 0.900. The second-order valence-electron chi connectivity index (χ2n) is 8.61. The Morgan fingerprint density at radius 3 is 2.15 bits per heavy atom. The molecule has 1 aliphatic carbocycles. The highest BCUT2D eigenvalue weighted by Gasteiger charge is 2.28. The van der Waals surface area contributed by atoms with E-state index in [0.29, 0.717) is 18.4 Å². The van der Waals surface area contributed by atoms with Gasteiger partial charge in [-0.15, -0.1) is 0 Å². The molecular weight excluding hydrogens is 330 g/mol. The number of carbonyl (C=O) groups is 2. The first-order valence-electron chi connectivity index (χ1n) is 10.3. The number of hydrogen-bond donors (Lipinski definition) is 3. The molecule has 1 atom stereocenters. The van der Waals surface area contributed by atoms with Crippen LogP contribution in [-0.4, -0.2) is 60.6 Å². The first kappa shape index (κ1) is 21.2. The Hall–Kier alpha value is -1.14. The molecule has 0 aromatic heterocycles. The molecule has 6 heteroatoms. The Kier molecular flexibility index (Phi) is 8.35. The van der Waals surface area contributed by atoms with E-state index in [1.165, 1.54) is 0 Å². The van der Waals surface area contributed by atoms with Crippen LogP contribution in [-0.2, 0) is 9.59 Å². The summed E-state index contributed by atoms with van der Waals surface area (Å²) in [7, 11) is 0. The van der Waals surface area contributed by atoms with Crippen LogP contribution in [0.1, 0.15) is 52.9 Å². The van der Waals surface area contributed by atoms with Crippen LogP contribution >= 0.6 is 0 Å². The molecule has 150 valence electrons. The van der Waals surface area contributed by atoms with Crippen molar-refractivity contribution in [3.05, 3.63) is 0 Å². The monoisotopic (exact) mass is 367 g/mol. The summed E-state index contributed by atoms with van der Waals surface area (Å²) in [6.45, 7) is 10.4. The lowest BCUT2D eigenvalue weighted by atomic mass is 9.82. The molecule has 0 spiro atoms. The molecule has 0 aromatic carbocycles. The molecule has 2 fully saturated rings. The number of aliphatic hydroxyl groups is 1. The summed E-state index contributed by atoms with van der Waals surface area (Å²) >= 11 is 0. The van der Waals surface area contributed by atoms with E-state index in [1.54, 1.807) is 0 Å². The molecule has 1 aliphatic heterocycles. The van der Waals surface area contributed by atoms with Crippen molar-refractivity contribution in [2.24, 2.45) is 23.7 Å². The lowest BCUT2D eigenvalue weighted by Gasteiger charge is -2.33. The van der Waals surface area contributed by atoms with Gasteiger partial charge < -0.3 is 20.6 Å². The predicted molar refractivity (Wildman–Crippen MR) is 103 cm³/mol. The van der Waals surface area contributed by atoms with Gasteiger partial charge in [0.1, 0.15) is 0 Å². The standard InChI is InChI=1S/C20H37N3O3/c1-14(2)19(25)21-12-16-5-8-23(9-6-16)7-4-15(3)20(26)22-13-17-10-18(24)11-17/h14-18,24H,4-13H2,1-3H3,(H,21,25)(H,22,26). The van der Waals surface area contributed by atoms with Crippen molar-refractivity contribution in [2.75, 3.05) is 32.7 Å². The van der Waals surface area contributed by atoms with Crippen LogP contribution in [0.5, 0.6) is 0 Å². The molecule has 1 saturated carbocycles. The topological polar surface area (TPSA) is 81.7 Å². The maximum absolute atomic E-state index is 12.2. The summed E-state index contributed by atoms with van der Waals surface area (Å²) in [6, 6.07) is 0. The Bertz CT molecular complexity index is 455. The maximum atomic E-state index is 12.2. The fourth-order valence-corrected chi connectivity index (χ4v) is 3.66. The van der Waals surface area contributed by atoms with Crippen molar-refractivity contribution >= 4 is 11.8 Å². The zero-order valence-electron chi connectivity index (χ0n) is 16.7. The summed E-state index contributed by atoms with van der Waals surface area (Å²) < 4.78 is 0. The minimum atomic E-state index is -0.157. The number of nitrogens with zero attached hydrogens (tertiary/aromatic N) is 1. The van der Waals surface area contributed by atoms with Crippen molar-refractivity contribution < 1.29 is 14.7 Å². The quantitative estimate of drug-likeness (QED) is 0.575. The first-order valence-corrected chi connectivity index (χ1v) is 10.3. The summed E-state index contributed by atoms with van der Waals surface area (Å²) in [5.74, 6) is 1.39. The van der Waals surface area contributed by atoms with Gasteiger partial charge in [-0.1, -0.05) is 20.8 Å². The van der Waals surface area contributed by atoms with Crippen molar-refractivity contribution in [3.8, 4) is 0 Å². The minimum Gasteiger partial charge on any atom is -0.393 e. The van der Waals surface area contributed by atoms with Crippen LogP contribution in [0.3, 0.4) is 0 Å². The van der Waals surface area contributed by atoms with Gasteiger partial charge in [-0.2, -0.15) is 0 Å². The van der Waals surface area contributed by atoms with Gasteiger partial charge in [0.15, 0.2) is 0 Å². The molecule has 3 N–H and O–H groups in total. The molecule has 1 saturated heterocycles. The summed E-state index contributed by atoms with van der Waals surface area (Å²) in [6.07, 6.45) is 4.60. The van der Waals surface area contributed by atoms with Crippen LogP contribution in [0, 0.1) is 23.7 Å². The minimum absolute atomic E-state index is 0.0306. The van der Waals surface area contributed by atoms with Crippen molar-refractivity contribution in [1.29, 1.82) is 0 Å². The van der Waals surface area contributed by atoms with Gasteiger partial charge in [0.25, 0.3) is 0 Å². The third kappa shape index (κ3) is 6.88. The number of rotatable bonds is 9. The molecule has 0 bridgehead atoms. The van der Waals surface area contributed by atoms with E-state index in [4.69, 9.17) is 0 Å². The third-order valence-electron chi connectivity index (χ3n) is 5.90. The molecule has 6 nitrogen and oxygen atoms in total. The fourth-order valence-electron chi connectivity index (χ4n) is 3.66. The lowest BCUT2D eigenvalue weighted by molar-refractivity contribution is -0.125. The predicted octanol–water partition coefficient (Wildman–Crippen LogP) is 1.38. The Balaban J connectivity index is 1.54. The third-order valence-corrected chi connectivity index (χ3v) is 5.90. The summed E-state index contributed by atoms with van der Waals surface area (Å²) in [4.78, 5) is 26.3. The lowest BCUT2D eigenvalue weighted by Crippen LogP contribution is -2.42. The summed E-state index contributed by atoms with van der Waals surface area (Å²) in [5, 5.41) is 15.4. The average Bonchev–Trinajstić information content (AvgIpc) is 2.60. The highest BCUT2D eigenvalue weighted by atomic mass is 16.3. The number of nitrogens with one attached hydrogen (secondary N) is 2. The van der Waals surface area contributed by atoms with Crippen molar-refractivity contribution in [2.45, 2.75) is 59.0 Å². The average molecular weight is 368 g/mol. The Labute approximate surface area is 158 Å². The van der Waals surface area contributed by atoms with Crippen LogP contribution in [0.15, 0.2) is 0 Å². The second-order valence-corrected chi connectivity index (χ2v) is 8.61. The number of amides is 2. The zero-order chi connectivity index (χ0) is 19.1. The highest BCUT2D eigenvalue weighted by Crippen LogP contribution is 2.26. The smallest absolute Gasteiger partial charge is 0.222 e. The number of aliphatic hydroxyl groups excluding tert-OH is 1. The van der Waals surface area contributed by atoms with E-state index in [-0.39, 0.29) is 29.8 Å². The molecule has 1 unspecified atom stereocenters. The van der Waals surface area contributed by atoms with Gasteiger partial charge in [0.2, 0.25) is 11.8 Å². The molecular formula is C20H37N3O3. The van der Waals surface area contributed by atoms with Crippen LogP contribution in [0.4, 0.5) is 0 Å². The number of hydrogen-bond acceptors (Lipinski definition) is 4.